The SMILES string of the molecule is CC(NC(=O)C1(/C(N)=N/O)CC1)c1ccco1. The number of hydrogen-bond donors (Lipinski definition) is 3. The number of carbonyl (C=O) groups excluding carboxylic acids is 1. The molecule has 1 aromatic heterocycles. The molecule has 0 bridgehead atoms. The van der Waals surface area contributed by atoms with Gasteiger partial charge in [-0.2, -0.15) is 0 Å². The predicted molar refractivity (Wildman–Crippen MR) is 60.3 cm³/mol. The molecule has 0 saturated heterocycles. The van der Waals surface area contributed by atoms with Crippen molar-refractivity contribution in [2.45, 2.75) is 25.8 Å². The molecule has 1 fully saturated rings. The van der Waals surface area contributed by atoms with Gasteiger partial charge < -0.3 is 20.7 Å². The van der Waals surface area contributed by atoms with Crippen LogP contribution in [0.2, 0.25) is 0 Å². The molecule has 1 atom stereocenters. The Bertz CT molecular complexity index is 435. The average Bonchev–Trinajstić information content (AvgIpc) is 2.95. The van der Waals surface area contributed by atoms with E-state index in [2.05, 4.69) is 10.5 Å². The number of nitrogens with zero attached hydrogens (tertiary/aromatic N) is 1. The van der Waals surface area contributed by atoms with Crippen molar-refractivity contribution in [3.05, 3.63) is 24.2 Å². The van der Waals surface area contributed by atoms with E-state index in [1.807, 2.05) is 6.92 Å². The lowest BCUT2D eigenvalue weighted by Gasteiger charge is -2.17. The number of carbonyl (C=O) groups is 1. The molecule has 1 aromatic rings. The Morgan fingerprint density at radius 2 is 2.41 bits per heavy atom. The standard InChI is InChI=1S/C11H15N3O3/c1-7(8-3-2-6-17-8)13-10(15)11(4-5-11)9(12)14-16/h2-3,6-7,16H,4-5H2,1H3,(H2,12,14)(H,13,15). The second-order valence-corrected chi connectivity index (χ2v) is 4.28. The van der Waals surface area contributed by atoms with Gasteiger partial charge in [0.25, 0.3) is 0 Å². The molecule has 92 valence electrons. The molecule has 1 aliphatic carbocycles. The van der Waals surface area contributed by atoms with E-state index in [0.717, 1.165) is 0 Å². The molecule has 6 heteroatoms. The summed E-state index contributed by atoms with van der Waals surface area (Å²) < 4.78 is 5.19. The minimum Gasteiger partial charge on any atom is -0.467 e. The molecule has 1 amide bonds. The van der Waals surface area contributed by atoms with Crippen LogP contribution in [-0.2, 0) is 4.79 Å². The van der Waals surface area contributed by atoms with Gasteiger partial charge in [0.05, 0.1) is 12.3 Å². The normalized spacial score (nSPS) is 19.7. The van der Waals surface area contributed by atoms with Crippen LogP contribution in [0, 0.1) is 5.41 Å². The van der Waals surface area contributed by atoms with Crippen molar-refractivity contribution >= 4 is 11.7 Å². The lowest BCUT2D eigenvalue weighted by molar-refractivity contribution is -0.124. The maximum Gasteiger partial charge on any atom is 0.234 e. The summed E-state index contributed by atoms with van der Waals surface area (Å²) in [5.74, 6) is 0.423. The number of nitrogens with two attached hydrogens (primary N) is 1. The van der Waals surface area contributed by atoms with Crippen LogP contribution in [0.5, 0.6) is 0 Å². The summed E-state index contributed by atoms with van der Waals surface area (Å²) in [6, 6.07) is 3.31. The first-order valence-electron chi connectivity index (χ1n) is 5.42. The van der Waals surface area contributed by atoms with Crippen LogP contribution in [-0.4, -0.2) is 17.0 Å². The van der Waals surface area contributed by atoms with Crippen molar-refractivity contribution in [3.63, 3.8) is 0 Å². The van der Waals surface area contributed by atoms with Crippen molar-refractivity contribution in [2.75, 3.05) is 0 Å². The number of oxime groups is 1. The third kappa shape index (κ3) is 1.98. The summed E-state index contributed by atoms with van der Waals surface area (Å²) in [7, 11) is 0. The Morgan fingerprint density at radius 1 is 1.71 bits per heavy atom. The van der Waals surface area contributed by atoms with Gasteiger partial charge in [-0.1, -0.05) is 5.16 Å². The van der Waals surface area contributed by atoms with E-state index in [4.69, 9.17) is 15.4 Å². The summed E-state index contributed by atoms with van der Waals surface area (Å²) in [4.78, 5) is 12.0. The zero-order valence-corrected chi connectivity index (χ0v) is 9.51. The monoisotopic (exact) mass is 237 g/mol. The Morgan fingerprint density at radius 3 is 2.88 bits per heavy atom. The molecule has 4 N–H and O–H groups in total. The lowest BCUT2D eigenvalue weighted by Crippen LogP contribution is -2.41. The Balaban J connectivity index is 2.03. The zero-order valence-electron chi connectivity index (χ0n) is 9.51. The Hall–Kier alpha value is -1.98. The molecular weight excluding hydrogens is 222 g/mol. The van der Waals surface area contributed by atoms with Gasteiger partial charge in [0.15, 0.2) is 5.84 Å². The zero-order chi connectivity index (χ0) is 12.5. The quantitative estimate of drug-likeness (QED) is 0.314. The molecule has 1 heterocycles. The summed E-state index contributed by atoms with van der Waals surface area (Å²) in [6.45, 7) is 1.82. The van der Waals surface area contributed by atoms with Crippen LogP contribution < -0.4 is 11.1 Å². The fourth-order valence-corrected chi connectivity index (χ4v) is 1.76. The molecule has 2 rings (SSSR count). The largest absolute Gasteiger partial charge is 0.467 e. The first-order chi connectivity index (χ1) is 8.10. The van der Waals surface area contributed by atoms with E-state index in [-0.39, 0.29) is 17.8 Å². The number of hydrogen-bond acceptors (Lipinski definition) is 4. The second kappa shape index (κ2) is 4.12. The molecule has 0 radical (unpaired) electrons. The van der Waals surface area contributed by atoms with E-state index < -0.39 is 5.41 Å². The molecule has 17 heavy (non-hydrogen) atoms. The maximum absolute atomic E-state index is 12.0. The highest BCUT2D eigenvalue weighted by molar-refractivity contribution is 6.09. The van der Waals surface area contributed by atoms with Crippen LogP contribution in [0.15, 0.2) is 28.0 Å². The van der Waals surface area contributed by atoms with Crippen molar-refractivity contribution in [3.8, 4) is 0 Å². The van der Waals surface area contributed by atoms with Crippen molar-refractivity contribution in [2.24, 2.45) is 16.3 Å². The summed E-state index contributed by atoms with van der Waals surface area (Å²) in [5.41, 5.74) is 4.70. The highest BCUT2D eigenvalue weighted by Crippen LogP contribution is 2.46. The van der Waals surface area contributed by atoms with Crippen LogP contribution in [0.3, 0.4) is 0 Å². The third-order valence-electron chi connectivity index (χ3n) is 3.10. The number of amidine groups is 1. The van der Waals surface area contributed by atoms with Crippen molar-refractivity contribution in [1.29, 1.82) is 0 Å². The smallest absolute Gasteiger partial charge is 0.234 e. The van der Waals surface area contributed by atoms with E-state index in [9.17, 15) is 4.79 Å². The molecule has 0 aromatic carbocycles. The fraction of sp³-hybridized carbons (Fsp3) is 0.455. The van der Waals surface area contributed by atoms with Gasteiger partial charge in [-0.15, -0.1) is 0 Å². The third-order valence-corrected chi connectivity index (χ3v) is 3.10. The van der Waals surface area contributed by atoms with Gasteiger partial charge >= 0.3 is 0 Å². The molecule has 1 unspecified atom stereocenters. The number of rotatable bonds is 4. The highest BCUT2D eigenvalue weighted by atomic mass is 16.4. The highest BCUT2D eigenvalue weighted by Gasteiger charge is 2.54. The van der Waals surface area contributed by atoms with Crippen LogP contribution in [0.4, 0.5) is 0 Å². The Kier molecular flexibility index (Phi) is 2.79. The van der Waals surface area contributed by atoms with E-state index in [1.165, 1.54) is 0 Å². The summed E-state index contributed by atoms with van der Waals surface area (Å²) in [5, 5.41) is 14.4. The average molecular weight is 237 g/mol. The molecule has 0 aliphatic heterocycles. The first kappa shape index (κ1) is 11.5. The molecule has 6 nitrogen and oxygen atoms in total. The van der Waals surface area contributed by atoms with Gasteiger partial charge in [-0.3, -0.25) is 4.79 Å². The molecule has 1 aliphatic rings. The van der Waals surface area contributed by atoms with Crippen molar-refractivity contribution < 1.29 is 14.4 Å². The molecule has 1 saturated carbocycles. The maximum atomic E-state index is 12.0. The van der Waals surface area contributed by atoms with Crippen LogP contribution in [0.25, 0.3) is 0 Å². The molecule has 0 spiro atoms. The number of amides is 1. The summed E-state index contributed by atoms with van der Waals surface area (Å²) in [6.07, 6.45) is 2.77. The van der Waals surface area contributed by atoms with E-state index >= 15 is 0 Å². The Labute approximate surface area is 98.5 Å². The number of nitrogens with one attached hydrogen (secondary N) is 1. The lowest BCUT2D eigenvalue weighted by atomic mass is 10.0. The van der Waals surface area contributed by atoms with Gasteiger partial charge in [-0.05, 0) is 31.9 Å². The van der Waals surface area contributed by atoms with Gasteiger partial charge in [0, 0.05) is 0 Å². The van der Waals surface area contributed by atoms with Crippen LogP contribution >= 0.6 is 0 Å². The predicted octanol–water partition coefficient (Wildman–Crippen LogP) is 0.983. The van der Waals surface area contributed by atoms with Gasteiger partial charge in [0.2, 0.25) is 5.91 Å². The summed E-state index contributed by atoms with van der Waals surface area (Å²) >= 11 is 0. The minimum absolute atomic E-state index is 0.0263. The van der Waals surface area contributed by atoms with Gasteiger partial charge in [-0.25, -0.2) is 0 Å². The van der Waals surface area contributed by atoms with Crippen LogP contribution in [0.1, 0.15) is 31.6 Å². The van der Waals surface area contributed by atoms with E-state index in [0.29, 0.717) is 18.6 Å². The second-order valence-electron chi connectivity index (χ2n) is 4.28. The number of furan rings is 1. The molecular formula is C11H15N3O3. The minimum atomic E-state index is -0.824. The first-order valence-corrected chi connectivity index (χ1v) is 5.42. The van der Waals surface area contributed by atoms with Gasteiger partial charge in [0.1, 0.15) is 11.2 Å². The topological polar surface area (TPSA) is 101 Å². The van der Waals surface area contributed by atoms with Crippen molar-refractivity contribution in [1.82, 2.24) is 5.32 Å². The van der Waals surface area contributed by atoms with E-state index in [1.54, 1.807) is 18.4 Å². The fourth-order valence-electron chi connectivity index (χ4n) is 1.76.